The number of hydroxylamine groups is 3. The molecule has 31 heavy (non-hydrogen) atoms. The number of amides is 1. The van der Waals surface area contributed by atoms with Gasteiger partial charge in [-0.3, -0.25) is 0 Å². The maximum atomic E-state index is 12.9. The van der Waals surface area contributed by atoms with E-state index in [0.717, 1.165) is 23.8 Å². The molecular weight excluding hydrogens is 469 g/mol. The third-order valence-corrected chi connectivity index (χ3v) is 7.28. The molecule has 0 saturated carbocycles. The van der Waals surface area contributed by atoms with E-state index in [9.17, 15) is 34.8 Å². The normalized spacial score (nSPS) is 26.4. The number of piperazine rings is 1. The van der Waals surface area contributed by atoms with Crippen molar-refractivity contribution in [2.45, 2.75) is 44.8 Å². The smallest absolute Gasteiger partial charge is 0.444 e. The third-order valence-electron chi connectivity index (χ3n) is 4.36. The van der Waals surface area contributed by atoms with Gasteiger partial charge in [-0.2, -0.15) is 34.3 Å². The highest BCUT2D eigenvalue weighted by Gasteiger charge is 2.54. The first-order valence-electron chi connectivity index (χ1n) is 9.11. The first-order valence-corrected chi connectivity index (χ1v) is 11.9. The maximum absolute atomic E-state index is 12.9. The molecule has 16 heteroatoms. The minimum Gasteiger partial charge on any atom is -0.444 e. The number of alkyl halides is 3. The number of quaternary nitrogens is 1. The van der Waals surface area contributed by atoms with Crippen LogP contribution in [0.25, 0.3) is 0 Å². The van der Waals surface area contributed by atoms with E-state index in [-0.39, 0.29) is 19.6 Å². The molecule has 2 aliphatic rings. The van der Waals surface area contributed by atoms with E-state index in [0.29, 0.717) is 4.31 Å². The van der Waals surface area contributed by atoms with Gasteiger partial charge in [0.15, 0.2) is 0 Å². The maximum Gasteiger partial charge on any atom is 0.528 e. The van der Waals surface area contributed by atoms with E-state index in [2.05, 4.69) is 4.28 Å². The number of ether oxygens (including phenoxy) is 1. The highest BCUT2D eigenvalue weighted by atomic mass is 32.2. The summed E-state index contributed by atoms with van der Waals surface area (Å²) in [7, 11) is -9.19. The SMILES string of the molecule is CC1CN(S(=O)(=O)N2C=C[N@+](C)(OS(=O)(=O)C(F)(F)F)C2)CCN1C(=O)OC(C)(C)C. The molecule has 0 N–H and O–H groups in total. The van der Waals surface area contributed by atoms with Gasteiger partial charge in [-0.1, -0.05) is 4.28 Å². The van der Waals surface area contributed by atoms with E-state index in [1.54, 1.807) is 27.7 Å². The van der Waals surface area contributed by atoms with Crippen LogP contribution < -0.4 is 0 Å². The second kappa shape index (κ2) is 8.06. The molecule has 0 bridgehead atoms. The average Bonchev–Trinajstić information content (AvgIpc) is 2.93. The predicted molar refractivity (Wildman–Crippen MR) is 101 cm³/mol. The van der Waals surface area contributed by atoms with E-state index >= 15 is 0 Å². The van der Waals surface area contributed by atoms with Gasteiger partial charge < -0.3 is 9.64 Å². The lowest BCUT2D eigenvalue weighted by atomic mass is 10.2. The minimum absolute atomic E-state index is 0.0396. The van der Waals surface area contributed by atoms with E-state index in [1.807, 2.05) is 0 Å². The fraction of sp³-hybridized carbons (Fsp3) is 0.800. The van der Waals surface area contributed by atoms with Crippen LogP contribution in [0.1, 0.15) is 27.7 Å². The summed E-state index contributed by atoms with van der Waals surface area (Å²) in [5.41, 5.74) is -6.37. The number of halogens is 3. The van der Waals surface area contributed by atoms with E-state index < -0.39 is 54.9 Å². The van der Waals surface area contributed by atoms with Gasteiger partial charge in [0, 0.05) is 25.7 Å². The summed E-state index contributed by atoms with van der Waals surface area (Å²) in [5.74, 6) is 0. The summed E-state index contributed by atoms with van der Waals surface area (Å²) in [4.78, 5) is 13.7. The van der Waals surface area contributed by atoms with Crippen LogP contribution in [0.2, 0.25) is 0 Å². The molecule has 0 aromatic rings. The van der Waals surface area contributed by atoms with Crippen LogP contribution in [-0.4, -0.2) is 91.6 Å². The Kier molecular flexibility index (Phi) is 6.67. The van der Waals surface area contributed by atoms with Crippen LogP contribution in [0.5, 0.6) is 0 Å². The van der Waals surface area contributed by atoms with E-state index in [1.165, 1.54) is 4.90 Å². The molecule has 0 aliphatic carbocycles. The summed E-state index contributed by atoms with van der Waals surface area (Å²) in [6.07, 6.45) is 1.22. The molecule has 2 atom stereocenters. The van der Waals surface area contributed by atoms with Crippen molar-refractivity contribution in [3.8, 4) is 0 Å². The summed E-state index contributed by atoms with van der Waals surface area (Å²) in [6, 6.07) is -0.535. The lowest BCUT2D eigenvalue weighted by Crippen LogP contribution is -2.58. The molecule has 180 valence electrons. The fourth-order valence-electron chi connectivity index (χ4n) is 2.92. The molecule has 2 aliphatic heterocycles. The first kappa shape index (κ1) is 25.6. The number of nitrogens with zero attached hydrogens (tertiary/aromatic N) is 4. The van der Waals surface area contributed by atoms with Gasteiger partial charge in [0.1, 0.15) is 18.8 Å². The number of carbonyl (C=O) groups excluding carboxylic acids is 1. The summed E-state index contributed by atoms with van der Waals surface area (Å²) in [5, 5.41) is 0. The zero-order chi connectivity index (χ0) is 24.0. The Labute approximate surface area is 179 Å². The Morgan fingerprint density at radius 3 is 2.19 bits per heavy atom. The molecule has 1 amide bonds. The lowest BCUT2D eigenvalue weighted by Gasteiger charge is -2.40. The largest absolute Gasteiger partial charge is 0.528 e. The summed E-state index contributed by atoms with van der Waals surface area (Å²) < 4.78 is 96.2. The van der Waals surface area contributed by atoms with Crippen LogP contribution in [0, 0.1) is 0 Å². The molecule has 11 nitrogen and oxygen atoms in total. The summed E-state index contributed by atoms with van der Waals surface area (Å²) in [6.45, 7) is 5.88. The van der Waals surface area contributed by atoms with Crippen LogP contribution >= 0.6 is 0 Å². The number of hydrogen-bond donors (Lipinski definition) is 0. The van der Waals surface area contributed by atoms with Crippen molar-refractivity contribution in [3.63, 3.8) is 0 Å². The van der Waals surface area contributed by atoms with Crippen molar-refractivity contribution in [2.24, 2.45) is 0 Å². The molecule has 0 spiro atoms. The second-order valence-electron chi connectivity index (χ2n) is 8.36. The van der Waals surface area contributed by atoms with E-state index in [4.69, 9.17) is 4.74 Å². The van der Waals surface area contributed by atoms with Crippen LogP contribution in [0.4, 0.5) is 18.0 Å². The van der Waals surface area contributed by atoms with Gasteiger partial charge >= 0.3 is 31.9 Å². The second-order valence-corrected chi connectivity index (χ2v) is 11.8. The minimum atomic E-state index is -5.95. The Balaban J connectivity index is 2.08. The standard InChI is InChI=1S/C15H26F3N4O7S2/c1-12-10-19(6-7-21(12)13(23)28-14(2,3)4)31(26,27)20-8-9-22(5,11-20)29-30(24,25)15(16,17)18/h8-9,12H,6-7,10-11H2,1-5H3/q+1/t12?,22-/m0/s1. The number of rotatable bonds is 4. The van der Waals surface area contributed by atoms with Gasteiger partial charge in [-0.05, 0) is 27.7 Å². The highest BCUT2D eigenvalue weighted by Crippen LogP contribution is 2.31. The number of carbonyl (C=O) groups is 1. The molecule has 2 rings (SSSR count). The zero-order valence-corrected chi connectivity index (χ0v) is 19.3. The first-order chi connectivity index (χ1) is 13.8. The van der Waals surface area contributed by atoms with Crippen molar-refractivity contribution >= 4 is 26.4 Å². The van der Waals surface area contributed by atoms with Crippen LogP contribution in [0.3, 0.4) is 0 Å². The van der Waals surface area contributed by atoms with Gasteiger partial charge in [0.2, 0.25) is 6.67 Å². The molecule has 1 saturated heterocycles. The quantitative estimate of drug-likeness (QED) is 0.425. The van der Waals surface area contributed by atoms with Crippen molar-refractivity contribution in [1.82, 2.24) is 13.5 Å². The Morgan fingerprint density at radius 2 is 1.71 bits per heavy atom. The van der Waals surface area contributed by atoms with Crippen molar-refractivity contribution in [2.75, 3.05) is 33.4 Å². The fourth-order valence-corrected chi connectivity index (χ4v) is 5.15. The average molecular weight is 496 g/mol. The van der Waals surface area contributed by atoms with Gasteiger partial charge in [0.05, 0.1) is 6.20 Å². The lowest BCUT2D eigenvalue weighted by molar-refractivity contribution is -1.02. The molecule has 2 heterocycles. The summed E-state index contributed by atoms with van der Waals surface area (Å²) >= 11 is 0. The van der Waals surface area contributed by atoms with Gasteiger partial charge in [-0.15, -0.1) is 4.65 Å². The molecule has 0 aromatic carbocycles. The molecule has 0 aromatic heterocycles. The van der Waals surface area contributed by atoms with Gasteiger partial charge in [0.25, 0.3) is 0 Å². The molecule has 1 fully saturated rings. The van der Waals surface area contributed by atoms with Crippen molar-refractivity contribution in [3.05, 3.63) is 12.4 Å². The molecule has 1 unspecified atom stereocenters. The number of hydrogen-bond acceptors (Lipinski definition) is 7. The topological polar surface area (TPSA) is 114 Å². The zero-order valence-electron chi connectivity index (χ0n) is 17.7. The monoisotopic (exact) mass is 495 g/mol. The van der Waals surface area contributed by atoms with Crippen molar-refractivity contribution in [1.29, 1.82) is 0 Å². The van der Waals surface area contributed by atoms with Crippen LogP contribution in [0.15, 0.2) is 12.4 Å². The Bertz CT molecular complexity index is 947. The predicted octanol–water partition coefficient (Wildman–Crippen LogP) is 1.14. The molecule has 0 radical (unpaired) electrons. The van der Waals surface area contributed by atoms with Gasteiger partial charge in [-0.25, -0.2) is 9.10 Å². The molecular formula is C15H26F3N4O7S2+. The third kappa shape index (κ3) is 5.79. The van der Waals surface area contributed by atoms with Crippen molar-refractivity contribution < 1.29 is 48.5 Å². The highest BCUT2D eigenvalue weighted by molar-refractivity contribution is 7.87. The Hall–Kier alpha value is -1.62. The Morgan fingerprint density at radius 1 is 1.13 bits per heavy atom. The van der Waals surface area contributed by atoms with Crippen LogP contribution in [-0.2, 0) is 29.3 Å².